The number of benzene rings is 2. The number of nitrogens with two attached hydrogens (primary N) is 1. The molecule has 0 aromatic heterocycles. The van der Waals surface area contributed by atoms with E-state index in [0.717, 1.165) is 20.6 Å². The molecule has 0 spiro atoms. The van der Waals surface area contributed by atoms with Crippen LogP contribution in [0, 0.1) is 3.57 Å². The predicted molar refractivity (Wildman–Crippen MR) is 99.0 cm³/mol. The van der Waals surface area contributed by atoms with Gasteiger partial charge in [0.15, 0.2) is 0 Å². The Morgan fingerprint density at radius 1 is 1.29 bits per heavy atom. The lowest BCUT2D eigenvalue weighted by atomic mass is 10.2. The summed E-state index contributed by atoms with van der Waals surface area (Å²) in [6.07, 6.45) is 1.11. The zero-order valence-electron chi connectivity index (χ0n) is 11.7. The third-order valence-electron chi connectivity index (χ3n) is 2.83. The molecule has 0 aliphatic carbocycles. The van der Waals surface area contributed by atoms with Crippen LogP contribution in [0.4, 0.5) is 11.4 Å². The summed E-state index contributed by atoms with van der Waals surface area (Å²) in [5.41, 5.74) is 7.83. The standard InChI is InChI=1S/C16H17IN2OS/c1-2-8-21-13-6-7-14(18)15(10-13)19-16(20)11-4-3-5-12(17)9-11/h3-7,9-10H,2,8,18H2,1H3,(H,19,20). The first-order chi connectivity index (χ1) is 10.1. The van der Waals surface area contributed by atoms with Gasteiger partial charge in [-0.2, -0.15) is 0 Å². The van der Waals surface area contributed by atoms with E-state index in [1.165, 1.54) is 0 Å². The molecule has 3 N–H and O–H groups in total. The van der Waals surface area contributed by atoms with Gasteiger partial charge in [0.05, 0.1) is 11.4 Å². The number of rotatable bonds is 5. The molecule has 2 rings (SSSR count). The molecule has 0 fully saturated rings. The van der Waals surface area contributed by atoms with Crippen molar-refractivity contribution in [2.45, 2.75) is 18.2 Å². The van der Waals surface area contributed by atoms with Gasteiger partial charge in [-0.3, -0.25) is 4.79 Å². The lowest BCUT2D eigenvalue weighted by Gasteiger charge is -2.10. The van der Waals surface area contributed by atoms with Crippen molar-refractivity contribution < 1.29 is 4.79 Å². The third kappa shape index (κ3) is 4.64. The zero-order valence-corrected chi connectivity index (χ0v) is 14.7. The minimum atomic E-state index is -0.141. The number of amides is 1. The summed E-state index contributed by atoms with van der Waals surface area (Å²) < 4.78 is 1.03. The summed E-state index contributed by atoms with van der Waals surface area (Å²) in [4.78, 5) is 13.4. The first-order valence-corrected chi connectivity index (χ1v) is 8.76. The molecule has 0 heterocycles. The third-order valence-corrected chi connectivity index (χ3v) is 4.70. The van der Waals surface area contributed by atoms with Gasteiger partial charge in [0.2, 0.25) is 0 Å². The first-order valence-electron chi connectivity index (χ1n) is 6.69. The van der Waals surface area contributed by atoms with E-state index < -0.39 is 0 Å². The van der Waals surface area contributed by atoms with Crippen LogP contribution in [0.3, 0.4) is 0 Å². The Morgan fingerprint density at radius 2 is 2.10 bits per heavy atom. The van der Waals surface area contributed by atoms with Crippen LogP contribution in [-0.4, -0.2) is 11.7 Å². The topological polar surface area (TPSA) is 55.1 Å². The van der Waals surface area contributed by atoms with Gasteiger partial charge in [0.25, 0.3) is 5.91 Å². The van der Waals surface area contributed by atoms with Crippen LogP contribution in [0.25, 0.3) is 0 Å². The highest BCUT2D eigenvalue weighted by Gasteiger charge is 2.09. The van der Waals surface area contributed by atoms with E-state index in [9.17, 15) is 4.79 Å². The molecule has 0 bridgehead atoms. The molecule has 0 saturated carbocycles. The number of carbonyl (C=O) groups excluding carboxylic acids is 1. The number of hydrogen-bond acceptors (Lipinski definition) is 3. The summed E-state index contributed by atoms with van der Waals surface area (Å²) >= 11 is 3.95. The Bertz CT molecular complexity index is 646. The lowest BCUT2D eigenvalue weighted by Crippen LogP contribution is -2.13. The molecule has 0 aliphatic heterocycles. The van der Waals surface area contributed by atoms with Gasteiger partial charge in [-0.1, -0.05) is 13.0 Å². The largest absolute Gasteiger partial charge is 0.397 e. The van der Waals surface area contributed by atoms with E-state index in [-0.39, 0.29) is 5.91 Å². The van der Waals surface area contributed by atoms with E-state index in [0.29, 0.717) is 16.9 Å². The highest BCUT2D eigenvalue weighted by atomic mass is 127. The van der Waals surface area contributed by atoms with E-state index in [2.05, 4.69) is 34.8 Å². The highest BCUT2D eigenvalue weighted by Crippen LogP contribution is 2.27. The molecule has 110 valence electrons. The fourth-order valence-corrected chi connectivity index (χ4v) is 3.13. The number of nitrogen functional groups attached to an aromatic ring is 1. The van der Waals surface area contributed by atoms with E-state index in [1.54, 1.807) is 17.8 Å². The van der Waals surface area contributed by atoms with Crippen LogP contribution in [0.5, 0.6) is 0 Å². The summed E-state index contributed by atoms with van der Waals surface area (Å²) in [6, 6.07) is 13.2. The van der Waals surface area contributed by atoms with Crippen LogP contribution in [0.15, 0.2) is 47.4 Å². The van der Waals surface area contributed by atoms with Crippen molar-refractivity contribution >= 4 is 51.6 Å². The van der Waals surface area contributed by atoms with Gasteiger partial charge >= 0.3 is 0 Å². The molecule has 0 aliphatic rings. The maximum atomic E-state index is 12.3. The van der Waals surface area contributed by atoms with E-state index in [4.69, 9.17) is 5.73 Å². The Balaban J connectivity index is 2.16. The molecule has 5 heteroatoms. The van der Waals surface area contributed by atoms with Crippen LogP contribution >= 0.6 is 34.4 Å². The van der Waals surface area contributed by atoms with Crippen molar-refractivity contribution in [3.8, 4) is 0 Å². The van der Waals surface area contributed by atoms with Gasteiger partial charge in [0, 0.05) is 14.0 Å². The molecule has 0 radical (unpaired) electrons. The van der Waals surface area contributed by atoms with Gasteiger partial charge < -0.3 is 11.1 Å². The second-order valence-electron chi connectivity index (χ2n) is 4.56. The van der Waals surface area contributed by atoms with Crippen molar-refractivity contribution in [3.05, 3.63) is 51.6 Å². The molecule has 2 aromatic carbocycles. The number of hydrogen-bond donors (Lipinski definition) is 2. The maximum absolute atomic E-state index is 12.3. The second kappa shape index (κ2) is 7.70. The number of carbonyl (C=O) groups is 1. The van der Waals surface area contributed by atoms with Crippen molar-refractivity contribution in [2.75, 3.05) is 16.8 Å². The molecule has 0 unspecified atom stereocenters. The van der Waals surface area contributed by atoms with Crippen LogP contribution in [0.2, 0.25) is 0 Å². The molecule has 2 aromatic rings. The van der Waals surface area contributed by atoms with Crippen LogP contribution in [0.1, 0.15) is 23.7 Å². The zero-order chi connectivity index (χ0) is 15.2. The Morgan fingerprint density at radius 3 is 2.81 bits per heavy atom. The van der Waals surface area contributed by atoms with Crippen LogP contribution in [-0.2, 0) is 0 Å². The first kappa shape index (κ1) is 16.2. The SMILES string of the molecule is CCCSc1ccc(N)c(NC(=O)c2cccc(I)c2)c1. The van der Waals surface area contributed by atoms with Crippen molar-refractivity contribution in [1.29, 1.82) is 0 Å². The smallest absolute Gasteiger partial charge is 0.255 e. The molecule has 3 nitrogen and oxygen atoms in total. The fourth-order valence-electron chi connectivity index (χ4n) is 1.78. The quantitative estimate of drug-likeness (QED) is 0.428. The molecule has 0 saturated heterocycles. The van der Waals surface area contributed by atoms with Crippen molar-refractivity contribution in [3.63, 3.8) is 0 Å². The van der Waals surface area contributed by atoms with Gasteiger partial charge in [-0.25, -0.2) is 0 Å². The van der Waals surface area contributed by atoms with Crippen LogP contribution < -0.4 is 11.1 Å². The summed E-state index contributed by atoms with van der Waals surface area (Å²) in [5.74, 6) is 0.909. The minimum absolute atomic E-state index is 0.141. The summed E-state index contributed by atoms with van der Waals surface area (Å²) in [5, 5.41) is 2.89. The van der Waals surface area contributed by atoms with Crippen molar-refractivity contribution in [1.82, 2.24) is 0 Å². The van der Waals surface area contributed by atoms with Gasteiger partial charge in [-0.15, -0.1) is 11.8 Å². The van der Waals surface area contributed by atoms with Gasteiger partial charge in [0.1, 0.15) is 0 Å². The highest BCUT2D eigenvalue weighted by molar-refractivity contribution is 14.1. The van der Waals surface area contributed by atoms with E-state index >= 15 is 0 Å². The normalized spacial score (nSPS) is 10.4. The van der Waals surface area contributed by atoms with Crippen molar-refractivity contribution in [2.24, 2.45) is 0 Å². The fraction of sp³-hybridized carbons (Fsp3) is 0.188. The summed E-state index contributed by atoms with van der Waals surface area (Å²) in [6.45, 7) is 2.14. The molecular weight excluding hydrogens is 395 g/mol. The molecular formula is C16H17IN2OS. The number of nitrogens with one attached hydrogen (secondary N) is 1. The second-order valence-corrected chi connectivity index (χ2v) is 6.98. The molecule has 21 heavy (non-hydrogen) atoms. The van der Waals surface area contributed by atoms with Gasteiger partial charge in [-0.05, 0) is 71.2 Å². The average molecular weight is 412 g/mol. The minimum Gasteiger partial charge on any atom is -0.397 e. The molecule has 0 atom stereocenters. The predicted octanol–water partition coefficient (Wildman–Crippen LogP) is 4.63. The number of anilines is 2. The average Bonchev–Trinajstić information content (AvgIpc) is 2.48. The monoisotopic (exact) mass is 412 g/mol. The Labute approximate surface area is 142 Å². The number of halogens is 1. The molecule has 1 amide bonds. The Hall–Kier alpha value is -1.21. The summed E-state index contributed by atoms with van der Waals surface area (Å²) in [7, 11) is 0. The Kier molecular flexibility index (Phi) is 5.93. The maximum Gasteiger partial charge on any atom is 0.255 e. The lowest BCUT2D eigenvalue weighted by molar-refractivity contribution is 0.102. The van der Waals surface area contributed by atoms with E-state index in [1.807, 2.05) is 36.4 Å². The number of thioether (sulfide) groups is 1.